The molecule has 0 spiro atoms. The van der Waals surface area contributed by atoms with Crippen LogP contribution in [-0.2, 0) is 20.0 Å². The Morgan fingerprint density at radius 3 is 2.15 bits per heavy atom. The van der Waals surface area contributed by atoms with Crippen LogP contribution < -0.4 is 5.32 Å². The molecule has 0 saturated carbocycles. The molecule has 1 amide bonds. The zero-order valence-electron chi connectivity index (χ0n) is 19.2. The van der Waals surface area contributed by atoms with Crippen LogP contribution in [0.3, 0.4) is 0 Å². The first-order chi connectivity index (χ1) is 15.6. The van der Waals surface area contributed by atoms with Crippen LogP contribution in [0.5, 0.6) is 0 Å². The van der Waals surface area contributed by atoms with Crippen LogP contribution in [0, 0.1) is 5.92 Å². The van der Waals surface area contributed by atoms with Crippen LogP contribution >= 0.6 is 0 Å². The quantitative estimate of drug-likeness (QED) is 0.607. The van der Waals surface area contributed by atoms with Gasteiger partial charge in [0.1, 0.15) is 0 Å². The summed E-state index contributed by atoms with van der Waals surface area (Å²) in [5.74, 6) is 0.0284. The van der Waals surface area contributed by atoms with Crippen LogP contribution in [0.1, 0.15) is 44.0 Å². The summed E-state index contributed by atoms with van der Waals surface area (Å²) in [6.45, 7) is 7.34. The molecular formula is C23H31N3O5S2. The summed E-state index contributed by atoms with van der Waals surface area (Å²) >= 11 is 0. The molecule has 1 aliphatic heterocycles. The van der Waals surface area contributed by atoms with Gasteiger partial charge in [-0.25, -0.2) is 16.8 Å². The lowest BCUT2D eigenvalue weighted by molar-refractivity contribution is 0.102. The van der Waals surface area contributed by atoms with Crippen molar-refractivity contribution in [2.24, 2.45) is 5.92 Å². The second kappa shape index (κ2) is 10.3. The van der Waals surface area contributed by atoms with Crippen molar-refractivity contribution in [2.75, 3.05) is 31.5 Å². The van der Waals surface area contributed by atoms with Gasteiger partial charge < -0.3 is 5.32 Å². The third kappa shape index (κ3) is 5.63. The largest absolute Gasteiger partial charge is 0.322 e. The number of rotatable bonds is 8. The van der Waals surface area contributed by atoms with E-state index in [-0.39, 0.29) is 15.4 Å². The second-order valence-electron chi connectivity index (χ2n) is 8.18. The molecule has 8 nitrogen and oxygen atoms in total. The van der Waals surface area contributed by atoms with Crippen LogP contribution in [-0.4, -0.2) is 57.5 Å². The van der Waals surface area contributed by atoms with Gasteiger partial charge in [-0.15, -0.1) is 0 Å². The Morgan fingerprint density at radius 1 is 0.970 bits per heavy atom. The van der Waals surface area contributed by atoms with E-state index in [2.05, 4.69) is 12.2 Å². The number of anilines is 1. The van der Waals surface area contributed by atoms with E-state index in [1.807, 2.05) is 0 Å². The number of carbonyl (C=O) groups excluding carboxylic acids is 1. The summed E-state index contributed by atoms with van der Waals surface area (Å²) in [4.78, 5) is 13.0. The second-order valence-corrected chi connectivity index (χ2v) is 12.1. The number of piperidine rings is 1. The summed E-state index contributed by atoms with van der Waals surface area (Å²) in [6.07, 6.45) is 1.64. The molecule has 0 unspecified atom stereocenters. The number of benzene rings is 2. The van der Waals surface area contributed by atoms with Crippen LogP contribution in [0.15, 0.2) is 58.3 Å². The summed E-state index contributed by atoms with van der Waals surface area (Å²) in [5.41, 5.74) is 0.623. The molecule has 1 aliphatic rings. The summed E-state index contributed by atoms with van der Waals surface area (Å²) < 4.78 is 54.0. The number of hydrogen-bond acceptors (Lipinski definition) is 5. The van der Waals surface area contributed by atoms with Gasteiger partial charge in [-0.1, -0.05) is 26.8 Å². The summed E-state index contributed by atoms with van der Waals surface area (Å²) in [7, 11) is -7.25. The molecule has 2 aromatic rings. The molecule has 0 bridgehead atoms. The maximum absolute atomic E-state index is 13.0. The van der Waals surface area contributed by atoms with Gasteiger partial charge >= 0.3 is 0 Å². The zero-order chi connectivity index (χ0) is 24.2. The molecule has 0 aromatic heterocycles. The van der Waals surface area contributed by atoms with Crippen LogP contribution in [0.25, 0.3) is 0 Å². The smallest absolute Gasteiger partial charge is 0.255 e. The highest BCUT2D eigenvalue weighted by molar-refractivity contribution is 7.89. The average Bonchev–Trinajstić information content (AvgIpc) is 2.80. The molecule has 1 heterocycles. The lowest BCUT2D eigenvalue weighted by Gasteiger charge is -2.29. The van der Waals surface area contributed by atoms with Crippen molar-refractivity contribution in [1.29, 1.82) is 0 Å². The van der Waals surface area contributed by atoms with Crippen molar-refractivity contribution in [1.82, 2.24) is 8.61 Å². The number of nitrogens with zero attached hydrogens (tertiary/aromatic N) is 2. The molecule has 0 atom stereocenters. The van der Waals surface area contributed by atoms with E-state index in [0.29, 0.717) is 37.8 Å². The van der Waals surface area contributed by atoms with E-state index in [9.17, 15) is 21.6 Å². The maximum atomic E-state index is 13.0. The third-order valence-electron chi connectivity index (χ3n) is 5.93. The normalized spacial score (nSPS) is 16.1. The fourth-order valence-electron chi connectivity index (χ4n) is 3.80. The average molecular weight is 494 g/mol. The first-order valence-corrected chi connectivity index (χ1v) is 14.0. The van der Waals surface area contributed by atoms with Crippen molar-refractivity contribution < 1.29 is 21.6 Å². The first-order valence-electron chi connectivity index (χ1n) is 11.1. The van der Waals surface area contributed by atoms with Gasteiger partial charge in [0.05, 0.1) is 9.79 Å². The Balaban J connectivity index is 1.75. The molecule has 1 saturated heterocycles. The molecule has 33 heavy (non-hydrogen) atoms. The Labute approximate surface area is 196 Å². The molecule has 2 aromatic carbocycles. The SMILES string of the molecule is CCN(CC)S(=O)(=O)c1ccc(NC(=O)c2cccc(S(=O)(=O)N3CCC(C)CC3)c2)cc1. The highest BCUT2D eigenvalue weighted by atomic mass is 32.2. The maximum Gasteiger partial charge on any atom is 0.255 e. The number of carbonyl (C=O) groups is 1. The van der Waals surface area contributed by atoms with Gasteiger partial charge in [0.2, 0.25) is 20.0 Å². The van der Waals surface area contributed by atoms with E-state index >= 15 is 0 Å². The van der Waals surface area contributed by atoms with E-state index in [1.165, 1.54) is 45.0 Å². The van der Waals surface area contributed by atoms with E-state index in [0.717, 1.165) is 12.8 Å². The lowest BCUT2D eigenvalue weighted by atomic mass is 10.0. The van der Waals surface area contributed by atoms with Gasteiger partial charge in [0.25, 0.3) is 5.91 Å². The Kier molecular flexibility index (Phi) is 7.94. The molecule has 1 fully saturated rings. The molecular weight excluding hydrogens is 462 g/mol. The Morgan fingerprint density at radius 2 is 1.58 bits per heavy atom. The predicted octanol–water partition coefficient (Wildman–Crippen LogP) is 3.39. The van der Waals surface area contributed by atoms with Crippen LogP contribution in [0.4, 0.5) is 5.69 Å². The number of sulfonamides is 2. The van der Waals surface area contributed by atoms with Gasteiger partial charge in [0, 0.05) is 37.4 Å². The van der Waals surface area contributed by atoms with Gasteiger partial charge in [-0.3, -0.25) is 4.79 Å². The number of nitrogens with one attached hydrogen (secondary N) is 1. The third-order valence-corrected chi connectivity index (χ3v) is 9.89. The van der Waals surface area contributed by atoms with Crippen molar-refractivity contribution in [3.63, 3.8) is 0 Å². The number of amides is 1. The van der Waals surface area contributed by atoms with Gasteiger partial charge in [-0.2, -0.15) is 8.61 Å². The predicted molar refractivity (Wildman–Crippen MR) is 128 cm³/mol. The highest BCUT2D eigenvalue weighted by Crippen LogP contribution is 2.24. The number of hydrogen-bond donors (Lipinski definition) is 1. The summed E-state index contributed by atoms with van der Waals surface area (Å²) in [6, 6.07) is 11.9. The van der Waals surface area contributed by atoms with E-state index < -0.39 is 26.0 Å². The van der Waals surface area contributed by atoms with E-state index in [1.54, 1.807) is 26.0 Å². The standard InChI is InChI=1S/C23H31N3O5S2/c1-4-25(5-2)32(28,29)21-11-9-20(10-12-21)24-23(27)19-7-6-8-22(17-19)33(30,31)26-15-13-18(3)14-16-26/h6-12,17-18H,4-5,13-16H2,1-3H3,(H,24,27). The fourth-order valence-corrected chi connectivity index (χ4v) is 6.77. The van der Waals surface area contributed by atoms with Gasteiger partial charge in [0.15, 0.2) is 0 Å². The monoisotopic (exact) mass is 493 g/mol. The minimum Gasteiger partial charge on any atom is -0.322 e. The molecule has 0 aliphatic carbocycles. The van der Waals surface area contributed by atoms with Gasteiger partial charge in [-0.05, 0) is 61.2 Å². The first kappa shape index (κ1) is 25.4. The van der Waals surface area contributed by atoms with Crippen molar-refractivity contribution in [3.8, 4) is 0 Å². The zero-order valence-corrected chi connectivity index (χ0v) is 20.8. The summed E-state index contributed by atoms with van der Waals surface area (Å²) in [5, 5.41) is 2.70. The highest BCUT2D eigenvalue weighted by Gasteiger charge is 2.28. The topological polar surface area (TPSA) is 104 Å². The Bertz CT molecular complexity index is 1180. The van der Waals surface area contributed by atoms with Crippen molar-refractivity contribution in [3.05, 3.63) is 54.1 Å². The molecule has 1 N–H and O–H groups in total. The van der Waals surface area contributed by atoms with Crippen molar-refractivity contribution >= 4 is 31.6 Å². The molecule has 10 heteroatoms. The minimum absolute atomic E-state index is 0.0883. The Hall–Kier alpha value is -2.27. The minimum atomic E-state index is -3.67. The van der Waals surface area contributed by atoms with Crippen molar-refractivity contribution in [2.45, 2.75) is 43.4 Å². The fraction of sp³-hybridized carbons (Fsp3) is 0.435. The van der Waals surface area contributed by atoms with Crippen LogP contribution in [0.2, 0.25) is 0 Å². The molecule has 3 rings (SSSR count). The van der Waals surface area contributed by atoms with E-state index in [4.69, 9.17) is 0 Å². The lowest BCUT2D eigenvalue weighted by Crippen LogP contribution is -2.37. The molecule has 180 valence electrons. The molecule has 0 radical (unpaired) electrons.